The molecule has 2 rings (SSSR count). The van der Waals surface area contributed by atoms with Crippen molar-refractivity contribution in [3.05, 3.63) is 29.3 Å². The van der Waals surface area contributed by atoms with Crippen LogP contribution < -0.4 is 5.32 Å². The second kappa shape index (κ2) is 6.89. The fraction of sp³-hybridized carbons (Fsp3) is 0.600. The minimum Gasteiger partial charge on any atom is -0.390 e. The van der Waals surface area contributed by atoms with E-state index in [1.165, 1.54) is 11.1 Å². The average molecular weight is 264 g/mol. The number of nitrogens with one attached hydrogen (secondary N) is 1. The Hall–Kier alpha value is -1.10. The first-order valence-electron chi connectivity index (χ1n) is 6.94. The summed E-state index contributed by atoms with van der Waals surface area (Å²) >= 11 is 0. The van der Waals surface area contributed by atoms with Gasteiger partial charge in [-0.1, -0.05) is 12.1 Å². The fourth-order valence-electron chi connectivity index (χ4n) is 2.30. The predicted molar refractivity (Wildman–Crippen MR) is 77.7 cm³/mol. The van der Waals surface area contributed by atoms with E-state index in [4.69, 9.17) is 4.74 Å². The average Bonchev–Trinajstić information content (AvgIpc) is 2.41. The van der Waals surface area contributed by atoms with Crippen molar-refractivity contribution >= 4 is 5.69 Å². The number of benzene rings is 1. The zero-order chi connectivity index (χ0) is 13.7. The van der Waals surface area contributed by atoms with Crippen molar-refractivity contribution < 1.29 is 9.84 Å². The van der Waals surface area contributed by atoms with E-state index in [1.54, 1.807) is 0 Å². The van der Waals surface area contributed by atoms with Crippen LogP contribution in [0.2, 0.25) is 0 Å². The van der Waals surface area contributed by atoms with Crippen LogP contribution in [0, 0.1) is 13.8 Å². The lowest BCUT2D eigenvalue weighted by atomic mass is 10.1. The molecule has 1 saturated heterocycles. The highest BCUT2D eigenvalue weighted by molar-refractivity contribution is 5.52. The maximum absolute atomic E-state index is 10.1. The molecule has 1 aromatic rings. The number of anilines is 1. The van der Waals surface area contributed by atoms with Gasteiger partial charge in [-0.15, -0.1) is 0 Å². The molecule has 0 aromatic heterocycles. The molecular formula is C15H24N2O2. The van der Waals surface area contributed by atoms with Gasteiger partial charge < -0.3 is 15.2 Å². The Kier molecular flexibility index (Phi) is 5.19. The van der Waals surface area contributed by atoms with Gasteiger partial charge in [0.05, 0.1) is 19.3 Å². The Morgan fingerprint density at radius 1 is 1.32 bits per heavy atom. The van der Waals surface area contributed by atoms with Crippen molar-refractivity contribution in [2.75, 3.05) is 44.7 Å². The molecule has 4 nitrogen and oxygen atoms in total. The van der Waals surface area contributed by atoms with Crippen molar-refractivity contribution in [2.24, 2.45) is 0 Å². The van der Waals surface area contributed by atoms with Gasteiger partial charge in [-0.2, -0.15) is 0 Å². The minimum absolute atomic E-state index is 0.349. The standard InChI is InChI=1S/C15H24N2O2/c1-12-3-4-13(2)15(9-12)16-10-14(18)11-17-5-7-19-8-6-17/h3-4,9,14,16,18H,5-8,10-11H2,1-2H3. The Morgan fingerprint density at radius 3 is 2.79 bits per heavy atom. The predicted octanol–water partition coefficient (Wildman–Crippen LogP) is 1.41. The number of hydrogen-bond donors (Lipinski definition) is 2. The number of hydrogen-bond acceptors (Lipinski definition) is 4. The van der Waals surface area contributed by atoms with Gasteiger partial charge in [0.1, 0.15) is 0 Å². The van der Waals surface area contributed by atoms with E-state index in [1.807, 2.05) is 0 Å². The third-order valence-electron chi connectivity index (χ3n) is 3.49. The van der Waals surface area contributed by atoms with Crippen LogP contribution in [-0.2, 0) is 4.74 Å². The molecule has 0 amide bonds. The van der Waals surface area contributed by atoms with Gasteiger partial charge >= 0.3 is 0 Å². The van der Waals surface area contributed by atoms with Crippen LogP contribution in [0.4, 0.5) is 5.69 Å². The molecule has 1 unspecified atom stereocenters. The summed E-state index contributed by atoms with van der Waals surface area (Å²) in [5.41, 5.74) is 3.56. The smallest absolute Gasteiger partial charge is 0.0839 e. The topological polar surface area (TPSA) is 44.7 Å². The molecule has 1 fully saturated rings. The van der Waals surface area contributed by atoms with E-state index in [0.717, 1.165) is 32.0 Å². The lowest BCUT2D eigenvalue weighted by Gasteiger charge is -2.28. The van der Waals surface area contributed by atoms with Crippen LogP contribution in [0.25, 0.3) is 0 Å². The lowest BCUT2D eigenvalue weighted by Crippen LogP contribution is -2.42. The molecule has 1 aliphatic rings. The van der Waals surface area contributed by atoms with E-state index in [-0.39, 0.29) is 6.10 Å². The van der Waals surface area contributed by atoms with Gasteiger partial charge in [0.2, 0.25) is 0 Å². The monoisotopic (exact) mass is 264 g/mol. The SMILES string of the molecule is Cc1ccc(C)c(NCC(O)CN2CCOCC2)c1. The second-order valence-electron chi connectivity index (χ2n) is 5.27. The molecule has 0 bridgehead atoms. The summed E-state index contributed by atoms with van der Waals surface area (Å²) in [7, 11) is 0. The highest BCUT2D eigenvalue weighted by Crippen LogP contribution is 2.16. The maximum atomic E-state index is 10.1. The molecule has 0 spiro atoms. The maximum Gasteiger partial charge on any atom is 0.0839 e. The first-order chi connectivity index (χ1) is 9.15. The number of morpholine rings is 1. The van der Waals surface area contributed by atoms with Crippen LogP contribution >= 0.6 is 0 Å². The van der Waals surface area contributed by atoms with E-state index in [2.05, 4.69) is 42.3 Å². The van der Waals surface area contributed by atoms with Crippen molar-refractivity contribution in [2.45, 2.75) is 20.0 Å². The van der Waals surface area contributed by atoms with Gasteiger partial charge in [0, 0.05) is 31.9 Å². The van der Waals surface area contributed by atoms with E-state index in [9.17, 15) is 5.11 Å². The second-order valence-corrected chi connectivity index (χ2v) is 5.27. The summed E-state index contributed by atoms with van der Waals surface area (Å²) in [6.07, 6.45) is -0.349. The van der Waals surface area contributed by atoms with Gasteiger partial charge in [-0.05, 0) is 31.0 Å². The number of aryl methyl sites for hydroxylation is 2. The third-order valence-corrected chi connectivity index (χ3v) is 3.49. The molecule has 1 heterocycles. The summed E-state index contributed by atoms with van der Waals surface area (Å²) in [6, 6.07) is 6.33. The van der Waals surface area contributed by atoms with E-state index in [0.29, 0.717) is 13.1 Å². The molecule has 0 aliphatic carbocycles. The normalized spacial score (nSPS) is 18.3. The third kappa shape index (κ3) is 4.49. The van der Waals surface area contributed by atoms with Crippen LogP contribution in [-0.4, -0.2) is 55.5 Å². The Morgan fingerprint density at radius 2 is 2.05 bits per heavy atom. The van der Waals surface area contributed by atoms with Gasteiger partial charge in [0.25, 0.3) is 0 Å². The molecule has 0 radical (unpaired) electrons. The number of aliphatic hydroxyl groups is 1. The molecule has 2 N–H and O–H groups in total. The Labute approximate surface area is 115 Å². The Balaban J connectivity index is 1.79. The summed E-state index contributed by atoms with van der Waals surface area (Å²) in [5, 5.41) is 13.4. The minimum atomic E-state index is -0.349. The number of rotatable bonds is 5. The number of aliphatic hydroxyl groups excluding tert-OH is 1. The molecule has 0 saturated carbocycles. The van der Waals surface area contributed by atoms with Crippen molar-refractivity contribution in [1.82, 2.24) is 4.90 Å². The number of β-amino-alcohol motifs (C(OH)–C–C–N with tert-alkyl or cyclic N) is 1. The van der Waals surface area contributed by atoms with Gasteiger partial charge in [0.15, 0.2) is 0 Å². The van der Waals surface area contributed by atoms with Crippen molar-refractivity contribution in [1.29, 1.82) is 0 Å². The highest BCUT2D eigenvalue weighted by Gasteiger charge is 2.14. The van der Waals surface area contributed by atoms with Crippen molar-refractivity contribution in [3.8, 4) is 0 Å². The summed E-state index contributed by atoms with van der Waals surface area (Å²) in [5.74, 6) is 0. The molecule has 1 atom stereocenters. The first-order valence-corrected chi connectivity index (χ1v) is 6.94. The van der Waals surface area contributed by atoms with Gasteiger partial charge in [-0.3, -0.25) is 4.90 Å². The lowest BCUT2D eigenvalue weighted by molar-refractivity contribution is 0.0171. The zero-order valence-corrected chi connectivity index (χ0v) is 11.9. The van der Waals surface area contributed by atoms with E-state index >= 15 is 0 Å². The highest BCUT2D eigenvalue weighted by atomic mass is 16.5. The van der Waals surface area contributed by atoms with Crippen LogP contribution in [0.3, 0.4) is 0 Å². The molecule has 19 heavy (non-hydrogen) atoms. The molecular weight excluding hydrogens is 240 g/mol. The van der Waals surface area contributed by atoms with Crippen LogP contribution in [0.5, 0.6) is 0 Å². The summed E-state index contributed by atoms with van der Waals surface area (Å²) < 4.78 is 5.30. The largest absolute Gasteiger partial charge is 0.390 e. The number of ether oxygens (including phenoxy) is 1. The summed E-state index contributed by atoms with van der Waals surface area (Å²) in [6.45, 7) is 8.84. The quantitative estimate of drug-likeness (QED) is 0.844. The summed E-state index contributed by atoms with van der Waals surface area (Å²) in [4.78, 5) is 2.25. The van der Waals surface area contributed by atoms with Crippen LogP contribution in [0.1, 0.15) is 11.1 Å². The molecule has 1 aliphatic heterocycles. The van der Waals surface area contributed by atoms with Crippen LogP contribution in [0.15, 0.2) is 18.2 Å². The van der Waals surface area contributed by atoms with Gasteiger partial charge in [-0.25, -0.2) is 0 Å². The molecule has 1 aromatic carbocycles. The first kappa shape index (κ1) is 14.3. The van der Waals surface area contributed by atoms with Crippen molar-refractivity contribution in [3.63, 3.8) is 0 Å². The Bertz CT molecular complexity index is 403. The molecule has 4 heteroatoms. The van der Waals surface area contributed by atoms with E-state index < -0.39 is 0 Å². The fourth-order valence-corrected chi connectivity index (χ4v) is 2.30. The molecule has 106 valence electrons. The zero-order valence-electron chi connectivity index (χ0n) is 11.9. The number of nitrogens with zero attached hydrogens (tertiary/aromatic N) is 1.